The molecule has 0 radical (unpaired) electrons. The summed E-state index contributed by atoms with van der Waals surface area (Å²) >= 11 is 0. The topological polar surface area (TPSA) is 60.4 Å². The lowest BCUT2D eigenvalue weighted by atomic mass is 10.6. The van der Waals surface area contributed by atoms with Crippen LogP contribution < -0.4 is 0 Å². The Labute approximate surface area is 66.0 Å². The number of hydrogen-bond acceptors (Lipinski definition) is 4. The van der Waals surface area contributed by atoms with Gasteiger partial charge in [0.2, 0.25) is 0 Å². The zero-order valence-corrected chi connectivity index (χ0v) is 7.22. The van der Waals surface area contributed by atoms with Gasteiger partial charge in [0.15, 0.2) is 0 Å². The molecular weight excluding hydrogens is 168 g/mol. The fraction of sp³-hybridized carbons (Fsp3) is 0.500. The van der Waals surface area contributed by atoms with Crippen molar-refractivity contribution in [1.82, 2.24) is 0 Å². The van der Waals surface area contributed by atoms with Crippen molar-refractivity contribution in [1.29, 1.82) is 0 Å². The maximum atomic E-state index is 10.8. The van der Waals surface area contributed by atoms with E-state index in [0.29, 0.717) is 0 Å². The molecule has 4 nitrogen and oxygen atoms in total. The minimum Gasteiger partial charge on any atom is -0.342 e. The van der Waals surface area contributed by atoms with Crippen molar-refractivity contribution in [2.24, 2.45) is 0 Å². The SMILES string of the molecule is C=CC(=O)OS(=O)(=O)C(C)C. The Morgan fingerprint density at radius 2 is 2.00 bits per heavy atom. The lowest BCUT2D eigenvalue weighted by Gasteiger charge is -2.04. The van der Waals surface area contributed by atoms with Crippen LogP contribution in [0, 0.1) is 0 Å². The Balaban J connectivity index is 4.38. The molecule has 11 heavy (non-hydrogen) atoms. The monoisotopic (exact) mass is 178 g/mol. The molecule has 0 bridgehead atoms. The number of rotatable bonds is 3. The Kier molecular flexibility index (Phi) is 3.25. The second-order valence-corrected chi connectivity index (χ2v) is 4.24. The van der Waals surface area contributed by atoms with Gasteiger partial charge in [-0.25, -0.2) is 4.79 Å². The molecular formula is C6H10O4S. The smallest absolute Gasteiger partial charge is 0.342 e. The van der Waals surface area contributed by atoms with E-state index in [2.05, 4.69) is 10.8 Å². The molecule has 0 rings (SSSR count). The van der Waals surface area contributed by atoms with Crippen LogP contribution in [0.3, 0.4) is 0 Å². The van der Waals surface area contributed by atoms with E-state index in [1.807, 2.05) is 0 Å². The van der Waals surface area contributed by atoms with Gasteiger partial charge in [0.05, 0.1) is 5.25 Å². The average Bonchev–Trinajstić information content (AvgIpc) is 1.86. The third kappa shape index (κ3) is 3.18. The van der Waals surface area contributed by atoms with E-state index in [1.54, 1.807) is 0 Å². The molecule has 0 unspecified atom stereocenters. The second-order valence-electron chi connectivity index (χ2n) is 2.15. The Hall–Kier alpha value is -0.840. The molecule has 0 amide bonds. The highest BCUT2D eigenvalue weighted by Gasteiger charge is 2.19. The van der Waals surface area contributed by atoms with E-state index < -0.39 is 21.3 Å². The van der Waals surface area contributed by atoms with Crippen molar-refractivity contribution in [2.45, 2.75) is 19.1 Å². The second kappa shape index (κ2) is 3.52. The first-order valence-electron chi connectivity index (χ1n) is 3.00. The molecule has 0 aliphatic heterocycles. The highest BCUT2D eigenvalue weighted by molar-refractivity contribution is 7.87. The summed E-state index contributed by atoms with van der Waals surface area (Å²) in [5, 5.41) is -0.716. The molecule has 0 heterocycles. The fourth-order valence-electron chi connectivity index (χ4n) is 0.245. The molecule has 0 N–H and O–H groups in total. The molecule has 0 atom stereocenters. The van der Waals surface area contributed by atoms with E-state index in [4.69, 9.17) is 0 Å². The van der Waals surface area contributed by atoms with E-state index in [1.165, 1.54) is 13.8 Å². The molecule has 0 fully saturated rings. The van der Waals surface area contributed by atoms with Gasteiger partial charge < -0.3 is 4.18 Å². The molecule has 0 aromatic heterocycles. The van der Waals surface area contributed by atoms with E-state index in [0.717, 1.165) is 6.08 Å². The summed E-state index contributed by atoms with van der Waals surface area (Å²) in [7, 11) is -3.73. The quantitative estimate of drug-likeness (QED) is 0.465. The zero-order chi connectivity index (χ0) is 9.07. The summed E-state index contributed by atoms with van der Waals surface area (Å²) in [5.41, 5.74) is 0. The minimum absolute atomic E-state index is 0.716. The summed E-state index contributed by atoms with van der Waals surface area (Å²) < 4.78 is 25.7. The van der Waals surface area contributed by atoms with Crippen molar-refractivity contribution in [3.63, 3.8) is 0 Å². The molecule has 0 saturated carbocycles. The van der Waals surface area contributed by atoms with E-state index in [9.17, 15) is 13.2 Å². The van der Waals surface area contributed by atoms with Gasteiger partial charge in [-0.05, 0) is 13.8 Å². The van der Waals surface area contributed by atoms with Crippen molar-refractivity contribution in [2.75, 3.05) is 0 Å². The molecule has 5 heteroatoms. The van der Waals surface area contributed by atoms with Gasteiger partial charge in [-0.2, -0.15) is 8.42 Å². The standard InChI is InChI=1S/C6H10O4S/c1-4-6(7)10-11(8,9)5(2)3/h4-5H,1H2,2-3H3. The third-order valence-corrected chi connectivity index (χ3v) is 2.49. The van der Waals surface area contributed by atoms with Gasteiger partial charge in [0, 0.05) is 6.08 Å². The van der Waals surface area contributed by atoms with Crippen LogP contribution in [0.15, 0.2) is 12.7 Å². The lowest BCUT2D eigenvalue weighted by Crippen LogP contribution is -2.19. The fourth-order valence-corrected chi connectivity index (χ4v) is 0.734. The lowest BCUT2D eigenvalue weighted by molar-refractivity contribution is -0.128. The van der Waals surface area contributed by atoms with Crippen molar-refractivity contribution in [3.05, 3.63) is 12.7 Å². The molecule has 0 aromatic carbocycles. The zero-order valence-electron chi connectivity index (χ0n) is 6.40. The first-order chi connectivity index (χ1) is 4.90. The predicted molar refractivity (Wildman–Crippen MR) is 40.3 cm³/mol. The van der Waals surface area contributed by atoms with Gasteiger partial charge in [-0.1, -0.05) is 6.58 Å². The van der Waals surface area contributed by atoms with Crippen LogP contribution in [0.1, 0.15) is 13.8 Å². The van der Waals surface area contributed by atoms with Gasteiger partial charge in [0.1, 0.15) is 0 Å². The van der Waals surface area contributed by atoms with E-state index in [-0.39, 0.29) is 0 Å². The van der Waals surface area contributed by atoms with E-state index >= 15 is 0 Å². The van der Waals surface area contributed by atoms with Crippen LogP contribution in [-0.4, -0.2) is 19.6 Å². The Bertz CT molecular complexity index is 250. The predicted octanol–water partition coefficient (Wildman–Crippen LogP) is 0.454. The van der Waals surface area contributed by atoms with Gasteiger partial charge in [-0.3, -0.25) is 0 Å². The normalized spacial score (nSPS) is 11.2. The maximum Gasteiger partial charge on any atom is 0.345 e. The number of hydrogen-bond donors (Lipinski definition) is 0. The molecule has 0 saturated heterocycles. The van der Waals surface area contributed by atoms with Gasteiger partial charge in [0.25, 0.3) is 0 Å². The summed E-state index contributed by atoms with van der Waals surface area (Å²) in [5.74, 6) is -0.946. The van der Waals surface area contributed by atoms with Crippen LogP contribution in [0.25, 0.3) is 0 Å². The molecule has 0 aliphatic carbocycles. The number of carbonyl (C=O) groups excluding carboxylic acids is 1. The summed E-state index contributed by atoms with van der Waals surface area (Å²) in [6.45, 7) is 5.91. The highest BCUT2D eigenvalue weighted by Crippen LogP contribution is 2.02. The molecule has 0 aliphatic rings. The summed E-state index contributed by atoms with van der Waals surface area (Å²) in [6.07, 6.45) is 0.805. The van der Waals surface area contributed by atoms with Crippen molar-refractivity contribution >= 4 is 16.1 Å². The molecule has 64 valence electrons. The largest absolute Gasteiger partial charge is 0.345 e. The van der Waals surface area contributed by atoms with Gasteiger partial charge >= 0.3 is 16.1 Å². The highest BCUT2D eigenvalue weighted by atomic mass is 32.2. The Morgan fingerprint density at radius 1 is 1.55 bits per heavy atom. The number of carbonyl (C=O) groups is 1. The van der Waals surface area contributed by atoms with Crippen LogP contribution in [0.2, 0.25) is 0 Å². The first-order valence-corrected chi connectivity index (χ1v) is 4.47. The van der Waals surface area contributed by atoms with Crippen LogP contribution in [0.4, 0.5) is 0 Å². The summed E-state index contributed by atoms with van der Waals surface area (Å²) in [4.78, 5) is 10.4. The average molecular weight is 178 g/mol. The van der Waals surface area contributed by atoms with Crippen LogP contribution >= 0.6 is 0 Å². The Morgan fingerprint density at radius 3 is 2.27 bits per heavy atom. The summed E-state index contributed by atoms with van der Waals surface area (Å²) in [6, 6.07) is 0. The van der Waals surface area contributed by atoms with Crippen molar-refractivity contribution in [3.8, 4) is 0 Å². The third-order valence-electron chi connectivity index (χ3n) is 0.942. The molecule has 0 spiro atoms. The maximum absolute atomic E-state index is 10.8. The van der Waals surface area contributed by atoms with Gasteiger partial charge in [-0.15, -0.1) is 0 Å². The van der Waals surface area contributed by atoms with Crippen LogP contribution in [-0.2, 0) is 19.1 Å². The van der Waals surface area contributed by atoms with Crippen molar-refractivity contribution < 1.29 is 17.4 Å². The first kappa shape index (κ1) is 10.2. The van der Waals surface area contributed by atoms with Crippen LogP contribution in [0.5, 0.6) is 0 Å². The molecule has 0 aromatic rings. The minimum atomic E-state index is -3.73.